The molecule has 0 unspecified atom stereocenters. The van der Waals surface area contributed by atoms with Crippen LogP contribution in [-0.4, -0.2) is 0 Å². The van der Waals surface area contributed by atoms with Crippen molar-refractivity contribution in [3.05, 3.63) is 150 Å². The molecule has 0 radical (unpaired) electrons. The van der Waals surface area contributed by atoms with Gasteiger partial charge in [0.1, 0.15) is 0 Å². The first-order valence-corrected chi connectivity index (χ1v) is 18.0. The lowest BCUT2D eigenvalue weighted by molar-refractivity contribution is 0.444. The van der Waals surface area contributed by atoms with E-state index in [0.29, 0.717) is 5.92 Å². The van der Waals surface area contributed by atoms with Gasteiger partial charge in [-0.05, 0) is 104 Å². The van der Waals surface area contributed by atoms with Crippen LogP contribution in [0.3, 0.4) is 0 Å². The van der Waals surface area contributed by atoms with E-state index in [1.165, 1.54) is 104 Å². The van der Waals surface area contributed by atoms with Gasteiger partial charge in [-0.25, -0.2) is 0 Å². The van der Waals surface area contributed by atoms with Gasteiger partial charge in [-0.15, -0.1) is 0 Å². The maximum atomic E-state index is 2.62. The fraction of sp³-hybridized carbons (Fsp3) is 0.277. The SMILES string of the molecule is CC(C)(C)c1ccccc1-c1cc2ccccc2cc1N(c1ccc2c(c1)C(C)(C)c1ccccc1-2)c1ccccc1C1CCCCC1. The van der Waals surface area contributed by atoms with Crippen molar-refractivity contribution in [3.63, 3.8) is 0 Å². The standard InChI is InChI=1S/C47H47N/c1-46(2,3)41-24-14-11-23-38(41)40-29-33-19-9-10-20-34(33)30-45(40)48(44-26-16-13-21-36(44)32-17-7-6-8-18-32)35-27-28-39-37-22-12-15-25-42(37)47(4,5)43(39)31-35/h9-16,19-32H,6-8,17-18H2,1-5H3. The third-order valence-corrected chi connectivity index (χ3v) is 11.2. The molecule has 1 nitrogen and oxygen atoms in total. The quantitative estimate of drug-likeness (QED) is 0.184. The van der Waals surface area contributed by atoms with Gasteiger partial charge < -0.3 is 4.90 Å². The van der Waals surface area contributed by atoms with E-state index in [4.69, 9.17) is 0 Å². The number of rotatable bonds is 5. The van der Waals surface area contributed by atoms with Gasteiger partial charge in [-0.2, -0.15) is 0 Å². The Bertz CT molecular complexity index is 2140. The first kappa shape index (κ1) is 30.7. The monoisotopic (exact) mass is 625 g/mol. The van der Waals surface area contributed by atoms with Gasteiger partial charge >= 0.3 is 0 Å². The van der Waals surface area contributed by atoms with Crippen molar-refractivity contribution in [2.24, 2.45) is 0 Å². The number of fused-ring (bicyclic) bond motifs is 4. The fourth-order valence-corrected chi connectivity index (χ4v) is 8.69. The summed E-state index contributed by atoms with van der Waals surface area (Å²) in [4.78, 5) is 2.62. The van der Waals surface area contributed by atoms with E-state index in [2.05, 4.69) is 167 Å². The molecule has 0 bridgehead atoms. The molecular weight excluding hydrogens is 579 g/mol. The molecule has 8 rings (SSSR count). The summed E-state index contributed by atoms with van der Waals surface area (Å²) >= 11 is 0. The Hall–Kier alpha value is -4.62. The van der Waals surface area contributed by atoms with E-state index >= 15 is 0 Å². The average molecular weight is 626 g/mol. The largest absolute Gasteiger partial charge is 0.310 e. The van der Waals surface area contributed by atoms with Gasteiger partial charge in [0.15, 0.2) is 0 Å². The second kappa shape index (κ2) is 11.8. The molecule has 6 aromatic carbocycles. The highest BCUT2D eigenvalue weighted by atomic mass is 15.1. The summed E-state index contributed by atoms with van der Waals surface area (Å²) in [6.07, 6.45) is 6.49. The maximum Gasteiger partial charge on any atom is 0.0546 e. The van der Waals surface area contributed by atoms with Crippen LogP contribution < -0.4 is 4.90 Å². The molecule has 0 aliphatic heterocycles. The first-order chi connectivity index (χ1) is 23.2. The number of para-hydroxylation sites is 1. The summed E-state index contributed by atoms with van der Waals surface area (Å²) in [6, 6.07) is 48.4. The summed E-state index contributed by atoms with van der Waals surface area (Å²) in [7, 11) is 0. The Morgan fingerprint density at radius 2 is 1.17 bits per heavy atom. The van der Waals surface area contributed by atoms with Gasteiger partial charge in [0, 0.05) is 22.4 Å². The smallest absolute Gasteiger partial charge is 0.0546 e. The zero-order chi connectivity index (χ0) is 33.0. The third kappa shape index (κ3) is 5.16. The molecule has 1 fully saturated rings. The van der Waals surface area contributed by atoms with Crippen LogP contribution >= 0.6 is 0 Å². The highest BCUT2D eigenvalue weighted by Crippen LogP contribution is 2.53. The molecule has 48 heavy (non-hydrogen) atoms. The third-order valence-electron chi connectivity index (χ3n) is 11.2. The Balaban J connectivity index is 1.44. The summed E-state index contributed by atoms with van der Waals surface area (Å²) in [5.74, 6) is 0.568. The summed E-state index contributed by atoms with van der Waals surface area (Å²) < 4.78 is 0. The molecule has 0 amide bonds. The minimum absolute atomic E-state index is 0.00624. The number of hydrogen-bond acceptors (Lipinski definition) is 1. The van der Waals surface area contributed by atoms with Gasteiger partial charge in [0.05, 0.1) is 5.69 Å². The highest BCUT2D eigenvalue weighted by molar-refractivity contribution is 5.99. The normalized spacial score (nSPS) is 15.7. The Labute approximate surface area is 287 Å². The molecule has 1 saturated carbocycles. The Kier molecular flexibility index (Phi) is 7.55. The summed E-state index contributed by atoms with van der Waals surface area (Å²) in [6.45, 7) is 11.8. The predicted octanol–water partition coefficient (Wildman–Crippen LogP) is 13.6. The molecule has 240 valence electrons. The second-order valence-electron chi connectivity index (χ2n) is 15.6. The predicted molar refractivity (Wildman–Crippen MR) is 206 cm³/mol. The second-order valence-corrected chi connectivity index (χ2v) is 15.6. The Morgan fingerprint density at radius 1 is 0.542 bits per heavy atom. The molecule has 2 aliphatic rings. The van der Waals surface area contributed by atoms with Crippen molar-refractivity contribution in [1.82, 2.24) is 0 Å². The topological polar surface area (TPSA) is 3.24 Å². The molecule has 0 N–H and O–H groups in total. The van der Waals surface area contributed by atoms with Crippen LogP contribution in [0.2, 0.25) is 0 Å². The van der Waals surface area contributed by atoms with E-state index < -0.39 is 0 Å². The number of hydrogen-bond donors (Lipinski definition) is 0. The molecular formula is C47H47N. The molecule has 0 aromatic heterocycles. The van der Waals surface area contributed by atoms with Crippen LogP contribution in [-0.2, 0) is 10.8 Å². The Morgan fingerprint density at radius 3 is 1.94 bits per heavy atom. The van der Waals surface area contributed by atoms with E-state index in [-0.39, 0.29) is 10.8 Å². The van der Waals surface area contributed by atoms with Crippen LogP contribution in [0.25, 0.3) is 33.0 Å². The summed E-state index contributed by atoms with van der Waals surface area (Å²) in [5, 5.41) is 2.53. The van der Waals surface area contributed by atoms with E-state index in [9.17, 15) is 0 Å². The molecule has 0 spiro atoms. The molecule has 0 saturated heterocycles. The number of nitrogens with zero attached hydrogens (tertiary/aromatic N) is 1. The van der Waals surface area contributed by atoms with Crippen LogP contribution in [0.1, 0.15) is 94.9 Å². The van der Waals surface area contributed by atoms with Gasteiger partial charge in [0.25, 0.3) is 0 Å². The molecule has 0 atom stereocenters. The van der Waals surface area contributed by atoms with Crippen LogP contribution in [0.15, 0.2) is 127 Å². The highest BCUT2D eigenvalue weighted by Gasteiger charge is 2.36. The lowest BCUT2D eigenvalue weighted by atomic mass is 9.80. The van der Waals surface area contributed by atoms with Crippen LogP contribution in [0.5, 0.6) is 0 Å². The van der Waals surface area contributed by atoms with Gasteiger partial charge in [-0.1, -0.05) is 151 Å². The molecule has 2 aliphatic carbocycles. The minimum atomic E-state index is -0.0818. The average Bonchev–Trinajstić information content (AvgIpc) is 3.34. The lowest BCUT2D eigenvalue weighted by Gasteiger charge is -2.34. The fourth-order valence-electron chi connectivity index (χ4n) is 8.69. The lowest BCUT2D eigenvalue weighted by Crippen LogP contribution is -2.19. The van der Waals surface area contributed by atoms with Crippen molar-refractivity contribution in [2.75, 3.05) is 4.90 Å². The van der Waals surface area contributed by atoms with Crippen molar-refractivity contribution in [1.29, 1.82) is 0 Å². The zero-order valence-corrected chi connectivity index (χ0v) is 29.2. The first-order valence-electron chi connectivity index (χ1n) is 18.0. The van der Waals surface area contributed by atoms with E-state index in [0.717, 1.165) is 0 Å². The van der Waals surface area contributed by atoms with Gasteiger partial charge in [0.2, 0.25) is 0 Å². The maximum absolute atomic E-state index is 2.62. The van der Waals surface area contributed by atoms with Crippen molar-refractivity contribution < 1.29 is 0 Å². The number of benzene rings is 6. The van der Waals surface area contributed by atoms with Crippen molar-refractivity contribution >= 4 is 27.8 Å². The van der Waals surface area contributed by atoms with Crippen molar-refractivity contribution in [2.45, 2.75) is 83.5 Å². The van der Waals surface area contributed by atoms with Gasteiger partial charge in [-0.3, -0.25) is 0 Å². The molecule has 0 heterocycles. The van der Waals surface area contributed by atoms with Crippen LogP contribution in [0.4, 0.5) is 17.1 Å². The molecule has 1 heteroatoms. The number of anilines is 3. The minimum Gasteiger partial charge on any atom is -0.310 e. The van der Waals surface area contributed by atoms with Crippen LogP contribution in [0, 0.1) is 0 Å². The van der Waals surface area contributed by atoms with E-state index in [1.807, 2.05) is 0 Å². The zero-order valence-electron chi connectivity index (χ0n) is 29.2. The van der Waals surface area contributed by atoms with E-state index in [1.54, 1.807) is 0 Å². The summed E-state index contributed by atoms with van der Waals surface area (Å²) in [5.41, 5.74) is 14.6. The van der Waals surface area contributed by atoms with Crippen molar-refractivity contribution in [3.8, 4) is 22.3 Å². The molecule has 6 aromatic rings.